The third-order valence-electron chi connectivity index (χ3n) is 1.87. The lowest BCUT2D eigenvalue weighted by molar-refractivity contribution is -0.122. The molecule has 15 heavy (non-hydrogen) atoms. The van der Waals surface area contributed by atoms with E-state index in [-0.39, 0.29) is 6.02 Å². The first kappa shape index (κ1) is 10.3. The fourth-order valence-corrected chi connectivity index (χ4v) is 1.84. The van der Waals surface area contributed by atoms with Gasteiger partial charge in [-0.15, -0.1) is 0 Å². The van der Waals surface area contributed by atoms with Crippen molar-refractivity contribution in [3.05, 3.63) is 33.8 Å². The number of carbonyl (C=O) groups is 1. The Kier molecular flexibility index (Phi) is 2.54. The van der Waals surface area contributed by atoms with Gasteiger partial charge in [0.1, 0.15) is 0 Å². The van der Waals surface area contributed by atoms with Crippen molar-refractivity contribution in [2.24, 2.45) is 10.7 Å². The summed E-state index contributed by atoms with van der Waals surface area (Å²) in [5, 5.41) is 0.860. The molecule has 0 aromatic heterocycles. The van der Waals surface area contributed by atoms with Crippen LogP contribution in [0, 0.1) is 0 Å². The van der Waals surface area contributed by atoms with Gasteiger partial charge in [-0.1, -0.05) is 23.2 Å². The summed E-state index contributed by atoms with van der Waals surface area (Å²) in [4.78, 5) is 14.8. The van der Waals surface area contributed by atoms with E-state index >= 15 is 0 Å². The van der Waals surface area contributed by atoms with Crippen molar-refractivity contribution in [2.45, 2.75) is 6.10 Å². The molecule has 78 valence electrons. The zero-order valence-corrected chi connectivity index (χ0v) is 8.92. The smallest absolute Gasteiger partial charge is 0.296 e. The summed E-state index contributed by atoms with van der Waals surface area (Å²) in [5.41, 5.74) is 5.81. The van der Waals surface area contributed by atoms with E-state index in [1.807, 2.05) is 0 Å². The summed E-state index contributed by atoms with van der Waals surface area (Å²) in [6.07, 6.45) is -0.832. The standard InChI is InChI=1S/C9H6Cl2N2O2/c10-5-1-4(2-6(11)3-5)7-8(14)13-9(12)15-7/h1-3,7H,(H2,12,13,14). The van der Waals surface area contributed by atoms with Crippen LogP contribution < -0.4 is 5.73 Å². The number of carbonyl (C=O) groups excluding carboxylic acids is 1. The first-order chi connectivity index (χ1) is 7.06. The summed E-state index contributed by atoms with van der Waals surface area (Å²) in [5.74, 6) is -0.453. The molecule has 1 unspecified atom stereocenters. The highest BCUT2D eigenvalue weighted by Crippen LogP contribution is 2.28. The second-order valence-corrected chi connectivity index (χ2v) is 3.86. The lowest BCUT2D eigenvalue weighted by Crippen LogP contribution is -2.14. The van der Waals surface area contributed by atoms with Gasteiger partial charge in [-0.2, -0.15) is 4.99 Å². The zero-order chi connectivity index (χ0) is 11.0. The molecule has 1 aromatic rings. The molecule has 2 N–H and O–H groups in total. The molecule has 2 rings (SSSR count). The van der Waals surface area contributed by atoms with Crippen molar-refractivity contribution >= 4 is 35.1 Å². The highest BCUT2D eigenvalue weighted by Gasteiger charge is 2.29. The monoisotopic (exact) mass is 244 g/mol. The molecule has 1 amide bonds. The highest BCUT2D eigenvalue weighted by molar-refractivity contribution is 6.34. The number of hydrogen-bond donors (Lipinski definition) is 1. The fourth-order valence-electron chi connectivity index (χ4n) is 1.30. The van der Waals surface area contributed by atoms with Crippen LogP contribution in [-0.2, 0) is 9.53 Å². The molecule has 0 bridgehead atoms. The van der Waals surface area contributed by atoms with Crippen LogP contribution in [0.2, 0.25) is 10.0 Å². The van der Waals surface area contributed by atoms with Crippen molar-refractivity contribution in [2.75, 3.05) is 0 Å². The van der Waals surface area contributed by atoms with Crippen molar-refractivity contribution < 1.29 is 9.53 Å². The first-order valence-corrected chi connectivity index (χ1v) is 4.82. The molecule has 6 heteroatoms. The zero-order valence-electron chi connectivity index (χ0n) is 7.41. The van der Waals surface area contributed by atoms with Crippen molar-refractivity contribution in [1.29, 1.82) is 0 Å². The summed E-state index contributed by atoms with van der Waals surface area (Å²) in [6, 6.07) is 4.60. The van der Waals surface area contributed by atoms with Crippen LogP contribution in [0.4, 0.5) is 0 Å². The maximum absolute atomic E-state index is 11.3. The van der Waals surface area contributed by atoms with Crippen LogP contribution in [-0.4, -0.2) is 11.9 Å². The van der Waals surface area contributed by atoms with Crippen LogP contribution >= 0.6 is 23.2 Å². The molecule has 4 nitrogen and oxygen atoms in total. The van der Waals surface area contributed by atoms with E-state index in [2.05, 4.69) is 4.99 Å². The maximum Gasteiger partial charge on any atom is 0.296 e. The summed E-state index contributed by atoms with van der Waals surface area (Å²) in [6.45, 7) is 0. The molecule has 0 radical (unpaired) electrons. The molecular formula is C9H6Cl2N2O2. The molecule has 0 fully saturated rings. The quantitative estimate of drug-likeness (QED) is 0.821. The number of hydrogen-bond acceptors (Lipinski definition) is 3. The average molecular weight is 245 g/mol. The number of aliphatic imine (C=N–C) groups is 1. The molecule has 1 aromatic carbocycles. The summed E-state index contributed by atoms with van der Waals surface area (Å²) < 4.78 is 5.03. The van der Waals surface area contributed by atoms with Crippen LogP contribution in [0.3, 0.4) is 0 Å². The van der Waals surface area contributed by atoms with E-state index in [1.165, 1.54) is 0 Å². The molecule has 0 saturated heterocycles. The number of ether oxygens (including phenoxy) is 1. The molecule has 1 heterocycles. The second kappa shape index (κ2) is 3.72. The van der Waals surface area contributed by atoms with Gasteiger partial charge in [0.15, 0.2) is 0 Å². The van der Waals surface area contributed by atoms with Crippen molar-refractivity contribution in [1.82, 2.24) is 0 Å². The number of amidine groups is 1. The Morgan fingerprint density at radius 2 is 1.87 bits per heavy atom. The van der Waals surface area contributed by atoms with E-state index < -0.39 is 12.0 Å². The number of nitrogens with two attached hydrogens (primary N) is 1. The summed E-state index contributed by atoms with van der Waals surface area (Å²) >= 11 is 11.6. The van der Waals surface area contributed by atoms with E-state index in [9.17, 15) is 4.79 Å². The van der Waals surface area contributed by atoms with E-state index in [4.69, 9.17) is 33.7 Å². The minimum absolute atomic E-state index is 0.138. The maximum atomic E-state index is 11.3. The fraction of sp³-hybridized carbons (Fsp3) is 0.111. The number of nitrogens with zero attached hydrogens (tertiary/aromatic N) is 1. The van der Waals surface area contributed by atoms with E-state index in [0.717, 1.165) is 0 Å². The normalized spacial score (nSPS) is 20.0. The predicted molar refractivity (Wildman–Crippen MR) is 56.9 cm³/mol. The average Bonchev–Trinajstić information content (AvgIpc) is 2.43. The van der Waals surface area contributed by atoms with Crippen LogP contribution in [0.5, 0.6) is 0 Å². The molecule has 0 saturated carbocycles. The molecule has 1 aliphatic heterocycles. The molecule has 0 aliphatic carbocycles. The topological polar surface area (TPSA) is 64.7 Å². The Bertz CT molecular complexity index is 439. The van der Waals surface area contributed by atoms with Gasteiger partial charge in [-0.3, -0.25) is 4.79 Å². The molecular weight excluding hydrogens is 239 g/mol. The number of benzene rings is 1. The lowest BCUT2D eigenvalue weighted by atomic mass is 10.1. The van der Waals surface area contributed by atoms with Gasteiger partial charge in [-0.05, 0) is 18.2 Å². The Morgan fingerprint density at radius 1 is 1.27 bits per heavy atom. The molecule has 0 spiro atoms. The molecule has 1 aliphatic rings. The van der Waals surface area contributed by atoms with Gasteiger partial charge in [0.05, 0.1) is 0 Å². The van der Waals surface area contributed by atoms with Gasteiger partial charge < -0.3 is 10.5 Å². The molecule has 1 atom stereocenters. The minimum atomic E-state index is -0.832. The predicted octanol–water partition coefficient (Wildman–Crippen LogP) is 1.91. The van der Waals surface area contributed by atoms with Gasteiger partial charge in [-0.25, -0.2) is 0 Å². The van der Waals surface area contributed by atoms with Gasteiger partial charge in [0.2, 0.25) is 6.10 Å². The third-order valence-corrected chi connectivity index (χ3v) is 2.31. The third kappa shape index (κ3) is 2.06. The first-order valence-electron chi connectivity index (χ1n) is 4.07. The second-order valence-electron chi connectivity index (χ2n) is 2.99. The Hall–Kier alpha value is -1.26. The van der Waals surface area contributed by atoms with Crippen molar-refractivity contribution in [3.63, 3.8) is 0 Å². The van der Waals surface area contributed by atoms with E-state index in [0.29, 0.717) is 15.6 Å². The van der Waals surface area contributed by atoms with Gasteiger partial charge >= 0.3 is 0 Å². The van der Waals surface area contributed by atoms with Crippen LogP contribution in [0.1, 0.15) is 11.7 Å². The van der Waals surface area contributed by atoms with E-state index in [1.54, 1.807) is 18.2 Å². The Morgan fingerprint density at radius 3 is 2.33 bits per heavy atom. The van der Waals surface area contributed by atoms with Crippen molar-refractivity contribution in [3.8, 4) is 0 Å². The minimum Gasteiger partial charge on any atom is -0.447 e. The summed E-state index contributed by atoms with van der Waals surface area (Å²) in [7, 11) is 0. The van der Waals surface area contributed by atoms with Crippen LogP contribution in [0.25, 0.3) is 0 Å². The SMILES string of the molecule is NC1=NC(=O)C(c2cc(Cl)cc(Cl)c2)O1. The Balaban J connectivity index is 2.35. The number of halogens is 2. The highest BCUT2D eigenvalue weighted by atomic mass is 35.5. The lowest BCUT2D eigenvalue weighted by Gasteiger charge is -2.09. The number of amides is 1. The largest absolute Gasteiger partial charge is 0.447 e. The number of rotatable bonds is 1. The van der Waals surface area contributed by atoms with Crippen LogP contribution in [0.15, 0.2) is 23.2 Å². The Labute approximate surface area is 95.6 Å². The van der Waals surface area contributed by atoms with Gasteiger partial charge in [0, 0.05) is 15.6 Å². The van der Waals surface area contributed by atoms with Gasteiger partial charge in [0.25, 0.3) is 11.9 Å².